The predicted octanol–water partition coefficient (Wildman–Crippen LogP) is -0.634. The number of aromatic nitrogens is 1. The molecule has 50 heavy (non-hydrogen) atoms. The minimum atomic E-state index is -1.26. The fourth-order valence-corrected chi connectivity index (χ4v) is 2.97. The van der Waals surface area contributed by atoms with Crippen molar-refractivity contribution >= 4 is 58.2 Å². The Balaban J connectivity index is 0. The number of methoxy groups -OCH3 is 1. The van der Waals surface area contributed by atoms with Gasteiger partial charge in [-0.2, -0.15) is 0 Å². The zero-order valence-corrected chi connectivity index (χ0v) is 26.8. The van der Waals surface area contributed by atoms with E-state index in [2.05, 4.69) is 26.3 Å². The Hall–Kier alpha value is -6.09. The summed E-state index contributed by atoms with van der Waals surface area (Å²) in [5, 5.41) is 78.5. The van der Waals surface area contributed by atoms with Gasteiger partial charge in [0.25, 0.3) is 0 Å². The molecule has 1 aromatic carbocycles. The molecule has 1 heterocycles. The van der Waals surface area contributed by atoms with Crippen LogP contribution in [0.15, 0.2) is 60.7 Å². The van der Waals surface area contributed by atoms with Crippen molar-refractivity contribution in [3.63, 3.8) is 0 Å². The van der Waals surface area contributed by atoms with Gasteiger partial charge in [0.1, 0.15) is 11.6 Å². The van der Waals surface area contributed by atoms with E-state index >= 15 is 0 Å². The highest BCUT2D eigenvalue weighted by atomic mass is 16.5. The summed E-state index contributed by atoms with van der Waals surface area (Å²) >= 11 is 0. The Morgan fingerprint density at radius 2 is 1.00 bits per heavy atom. The third kappa shape index (κ3) is 28.2. The molecule has 1 aromatic heterocycles. The molecular weight excluding hydrogens is 670 g/mol. The number of pyridine rings is 1. The minimum Gasteiger partial charge on any atom is -0.497 e. The first-order valence-electron chi connectivity index (χ1n) is 14.2. The summed E-state index contributed by atoms with van der Waals surface area (Å²) in [5.41, 5.74) is 1.86. The number of fused-ring (bicyclic) bond motifs is 1. The van der Waals surface area contributed by atoms with Gasteiger partial charge in [-0.1, -0.05) is 0 Å². The Kier molecular flexibility index (Phi) is 26.8. The van der Waals surface area contributed by atoms with E-state index in [1.807, 2.05) is 24.3 Å². The largest absolute Gasteiger partial charge is 0.497 e. The molecule has 2 aromatic rings. The molecule has 0 saturated heterocycles. The Labute approximate surface area is 285 Å². The Morgan fingerprint density at radius 1 is 0.600 bits per heavy atom. The van der Waals surface area contributed by atoms with Crippen LogP contribution in [0.5, 0.6) is 5.75 Å². The van der Waals surface area contributed by atoms with Crippen molar-refractivity contribution in [2.75, 3.05) is 70.2 Å². The maximum atomic E-state index is 9.55. The lowest BCUT2D eigenvalue weighted by molar-refractivity contribution is -0.134. The van der Waals surface area contributed by atoms with Crippen molar-refractivity contribution in [1.29, 1.82) is 0 Å². The smallest absolute Gasteiger partial charge is 0.328 e. The molecule has 0 saturated carbocycles. The molecule has 0 aliphatic carbocycles. The molecule has 0 bridgehead atoms. The number of carbonyl (C=O) groups is 6. The van der Waals surface area contributed by atoms with E-state index < -0.39 is 35.8 Å². The van der Waals surface area contributed by atoms with Crippen LogP contribution in [0.1, 0.15) is 0 Å². The van der Waals surface area contributed by atoms with Gasteiger partial charge in [0.15, 0.2) is 0 Å². The number of hydrogen-bond donors (Lipinski definition) is 12. The van der Waals surface area contributed by atoms with Gasteiger partial charge in [-0.15, -0.1) is 0 Å². The van der Waals surface area contributed by atoms with Crippen molar-refractivity contribution in [1.82, 2.24) is 15.6 Å². The second-order valence-corrected chi connectivity index (χ2v) is 8.77. The SMILES string of the molecule is COc1ccc2nc(NCCNCCO)cc(NCCNCCO)c2c1.O=C(O)/C=C\C(=O)O.O=C(O)/C=C\C(=O)O.O=C(O)/C=C\C(=O)O. The fourth-order valence-electron chi connectivity index (χ4n) is 2.97. The third-order valence-electron chi connectivity index (χ3n) is 4.92. The van der Waals surface area contributed by atoms with E-state index in [1.54, 1.807) is 7.11 Å². The summed E-state index contributed by atoms with van der Waals surface area (Å²) in [6.45, 7) is 4.38. The lowest BCUT2D eigenvalue weighted by Gasteiger charge is -2.14. The van der Waals surface area contributed by atoms with Crippen molar-refractivity contribution < 1.29 is 74.4 Å². The van der Waals surface area contributed by atoms with Crippen molar-refractivity contribution in [2.24, 2.45) is 0 Å². The topological polar surface area (TPSA) is 334 Å². The number of aliphatic hydroxyl groups excluding tert-OH is 2. The minimum absolute atomic E-state index is 0.133. The number of aliphatic carboxylic acids is 6. The van der Waals surface area contributed by atoms with Gasteiger partial charge in [-0.25, -0.2) is 33.8 Å². The zero-order chi connectivity index (χ0) is 38.3. The van der Waals surface area contributed by atoms with Crippen LogP contribution >= 0.6 is 0 Å². The number of hydrogen-bond acceptors (Lipinski definition) is 14. The molecule has 0 fully saturated rings. The van der Waals surface area contributed by atoms with E-state index in [4.69, 9.17) is 45.6 Å². The van der Waals surface area contributed by atoms with Gasteiger partial charge >= 0.3 is 35.8 Å². The highest BCUT2D eigenvalue weighted by Gasteiger charge is 2.07. The molecule has 0 unspecified atom stereocenters. The molecule has 20 nitrogen and oxygen atoms in total. The molecule has 0 atom stereocenters. The van der Waals surface area contributed by atoms with E-state index in [0.717, 1.165) is 47.8 Å². The number of carboxylic acids is 6. The highest BCUT2D eigenvalue weighted by molar-refractivity contribution is 5.94. The number of rotatable bonds is 19. The third-order valence-corrected chi connectivity index (χ3v) is 4.92. The monoisotopic (exact) mass is 711 g/mol. The van der Waals surface area contributed by atoms with Crippen LogP contribution in [-0.4, -0.2) is 141 Å². The molecule has 0 spiro atoms. The highest BCUT2D eigenvalue weighted by Crippen LogP contribution is 2.28. The first kappa shape index (κ1) is 46.0. The van der Waals surface area contributed by atoms with E-state index in [-0.39, 0.29) is 13.2 Å². The Bertz CT molecular complexity index is 1330. The lowest BCUT2D eigenvalue weighted by Crippen LogP contribution is -2.25. The number of anilines is 2. The van der Waals surface area contributed by atoms with Gasteiger partial charge in [-0.05, 0) is 18.2 Å². The first-order valence-corrected chi connectivity index (χ1v) is 14.2. The predicted molar refractivity (Wildman–Crippen MR) is 178 cm³/mol. The second kappa shape index (κ2) is 29.1. The van der Waals surface area contributed by atoms with Crippen LogP contribution in [-0.2, 0) is 28.8 Å². The quantitative estimate of drug-likeness (QED) is 0.0637. The molecule has 0 amide bonds. The van der Waals surface area contributed by atoms with Crippen LogP contribution in [0.4, 0.5) is 11.5 Å². The van der Waals surface area contributed by atoms with Crippen LogP contribution in [0.2, 0.25) is 0 Å². The standard InChI is InChI=1S/C18H29N5O3.3C4H4O4/c1-26-14-2-3-16-15(12-14)17(21-6-4-19-8-10-24)13-18(23-16)22-7-5-20-9-11-25;3*5-3(6)1-2-4(7)8/h2-3,12-13,19-20,24-25H,4-11H2,1H3,(H2,21,22,23);3*1-2H,(H,5,6)(H,7,8)/b;3*2-1-. The number of ether oxygens (including phenoxy) is 1. The molecule has 0 aliphatic rings. The maximum absolute atomic E-state index is 9.55. The number of aliphatic hydroxyl groups is 2. The molecule has 2 rings (SSSR count). The lowest BCUT2D eigenvalue weighted by atomic mass is 10.1. The van der Waals surface area contributed by atoms with Crippen LogP contribution < -0.4 is 26.0 Å². The summed E-state index contributed by atoms with van der Waals surface area (Å²) in [6.07, 6.45) is 3.35. The fraction of sp³-hybridized carbons (Fsp3) is 0.300. The number of benzene rings is 1. The summed E-state index contributed by atoms with van der Waals surface area (Å²) in [7, 11) is 1.65. The maximum Gasteiger partial charge on any atom is 0.328 e. The van der Waals surface area contributed by atoms with Crippen molar-refractivity contribution in [2.45, 2.75) is 0 Å². The van der Waals surface area contributed by atoms with Gasteiger partial charge in [-0.3, -0.25) is 0 Å². The van der Waals surface area contributed by atoms with E-state index in [0.29, 0.717) is 56.1 Å². The summed E-state index contributed by atoms with van der Waals surface area (Å²) in [4.78, 5) is 62.0. The Morgan fingerprint density at radius 3 is 1.36 bits per heavy atom. The van der Waals surface area contributed by atoms with Crippen LogP contribution in [0.25, 0.3) is 10.9 Å². The average molecular weight is 712 g/mol. The zero-order valence-electron chi connectivity index (χ0n) is 26.8. The molecule has 0 aliphatic heterocycles. The molecule has 12 N–H and O–H groups in total. The van der Waals surface area contributed by atoms with Gasteiger partial charge < -0.3 is 66.9 Å². The first-order chi connectivity index (χ1) is 23.7. The summed E-state index contributed by atoms with van der Waals surface area (Å²) in [5.74, 6) is -5.96. The van der Waals surface area contributed by atoms with Crippen molar-refractivity contribution in [3.05, 3.63) is 60.7 Å². The summed E-state index contributed by atoms with van der Waals surface area (Å²) in [6, 6.07) is 7.80. The van der Waals surface area contributed by atoms with E-state index in [9.17, 15) is 28.8 Å². The van der Waals surface area contributed by atoms with Gasteiger partial charge in [0, 0.05) is 92.9 Å². The molecule has 276 valence electrons. The number of carboxylic acid groups (broad SMARTS) is 6. The van der Waals surface area contributed by atoms with Gasteiger partial charge in [0.2, 0.25) is 0 Å². The van der Waals surface area contributed by atoms with Gasteiger partial charge in [0.05, 0.1) is 25.8 Å². The number of nitrogens with zero attached hydrogens (tertiary/aromatic N) is 1. The average Bonchev–Trinajstić information content (AvgIpc) is 3.06. The normalized spacial score (nSPS) is 10.2. The van der Waals surface area contributed by atoms with Crippen molar-refractivity contribution in [3.8, 4) is 5.75 Å². The molecular formula is C30H41N5O15. The van der Waals surface area contributed by atoms with Crippen LogP contribution in [0, 0.1) is 0 Å². The number of nitrogens with one attached hydrogen (secondary N) is 4. The summed E-state index contributed by atoms with van der Waals surface area (Å²) < 4.78 is 5.33. The second-order valence-electron chi connectivity index (χ2n) is 8.77. The molecule has 0 radical (unpaired) electrons. The van der Waals surface area contributed by atoms with Crippen LogP contribution in [0.3, 0.4) is 0 Å². The molecule has 20 heteroatoms. The van der Waals surface area contributed by atoms with E-state index in [1.165, 1.54) is 0 Å².